The van der Waals surface area contributed by atoms with Crippen molar-refractivity contribution < 1.29 is 19.8 Å². The fourth-order valence-electron chi connectivity index (χ4n) is 2.91. The van der Waals surface area contributed by atoms with E-state index in [1.807, 2.05) is 0 Å². The fourth-order valence-corrected chi connectivity index (χ4v) is 2.91. The first kappa shape index (κ1) is 16.1. The Morgan fingerprint density at radius 2 is 2.21 bits per heavy atom. The van der Waals surface area contributed by atoms with Crippen LogP contribution in [0.1, 0.15) is 15.9 Å². The van der Waals surface area contributed by atoms with E-state index in [-0.39, 0.29) is 29.8 Å². The standard InChI is InChI=1S/C17H19N3O4/c1-9-3-5-11-14(15(9)22)19-16(23)12-7-10(4-6-13(21)18-2)8-20(12)17(11)24/h3-7,12,16,19,22-23H,8H2,1-2H3,(H,18,21). The molecule has 2 aliphatic heterocycles. The number of phenols is 1. The van der Waals surface area contributed by atoms with Crippen molar-refractivity contribution in [1.29, 1.82) is 0 Å². The maximum absolute atomic E-state index is 12.8. The molecule has 2 aliphatic rings. The Morgan fingerprint density at radius 3 is 2.92 bits per heavy atom. The number of likely N-dealkylation sites (N-methyl/N-ethyl adjacent to an activating group) is 1. The van der Waals surface area contributed by atoms with Gasteiger partial charge in [-0.15, -0.1) is 0 Å². The third-order valence-corrected chi connectivity index (χ3v) is 4.28. The van der Waals surface area contributed by atoms with Crippen LogP contribution in [0.3, 0.4) is 0 Å². The summed E-state index contributed by atoms with van der Waals surface area (Å²) in [6.07, 6.45) is 3.69. The number of aliphatic hydroxyl groups is 1. The highest BCUT2D eigenvalue weighted by atomic mass is 16.3. The Kier molecular flexibility index (Phi) is 4.02. The first-order chi connectivity index (χ1) is 11.4. The molecule has 1 aromatic rings. The van der Waals surface area contributed by atoms with Gasteiger partial charge in [-0.25, -0.2) is 0 Å². The molecule has 126 valence electrons. The van der Waals surface area contributed by atoms with Gasteiger partial charge in [0.2, 0.25) is 5.91 Å². The number of nitrogens with zero attached hydrogens (tertiary/aromatic N) is 1. The first-order valence-electron chi connectivity index (χ1n) is 7.61. The number of hydrogen-bond donors (Lipinski definition) is 4. The van der Waals surface area contributed by atoms with Crippen LogP contribution in [0.2, 0.25) is 0 Å². The summed E-state index contributed by atoms with van der Waals surface area (Å²) in [4.78, 5) is 25.6. The van der Waals surface area contributed by atoms with Gasteiger partial charge in [0.15, 0.2) is 0 Å². The molecule has 0 fully saturated rings. The summed E-state index contributed by atoms with van der Waals surface area (Å²) in [6, 6.07) is 2.72. The minimum atomic E-state index is -1.06. The third-order valence-electron chi connectivity index (χ3n) is 4.28. The number of benzene rings is 1. The van der Waals surface area contributed by atoms with Crippen LogP contribution >= 0.6 is 0 Å². The van der Waals surface area contributed by atoms with Crippen molar-refractivity contribution in [3.8, 4) is 5.75 Å². The second-order valence-electron chi connectivity index (χ2n) is 5.86. The highest BCUT2D eigenvalue weighted by Crippen LogP contribution is 2.37. The molecular formula is C17H19N3O4. The number of hydrogen-bond acceptors (Lipinski definition) is 5. The van der Waals surface area contributed by atoms with Crippen molar-refractivity contribution in [1.82, 2.24) is 10.2 Å². The van der Waals surface area contributed by atoms with Gasteiger partial charge < -0.3 is 25.7 Å². The van der Waals surface area contributed by atoms with Crippen molar-refractivity contribution in [2.75, 3.05) is 18.9 Å². The largest absolute Gasteiger partial charge is 0.505 e. The number of aliphatic hydroxyl groups excluding tert-OH is 1. The van der Waals surface area contributed by atoms with Crippen molar-refractivity contribution in [2.24, 2.45) is 0 Å². The molecule has 2 atom stereocenters. The number of fused-ring (bicyclic) bond motifs is 2. The summed E-state index contributed by atoms with van der Waals surface area (Å²) in [7, 11) is 1.53. The second-order valence-corrected chi connectivity index (χ2v) is 5.86. The number of nitrogens with one attached hydrogen (secondary N) is 2. The summed E-state index contributed by atoms with van der Waals surface area (Å²) in [6.45, 7) is 2.01. The summed E-state index contributed by atoms with van der Waals surface area (Å²) in [5, 5.41) is 25.9. The second kappa shape index (κ2) is 6.01. The van der Waals surface area contributed by atoms with Crippen molar-refractivity contribution in [3.63, 3.8) is 0 Å². The van der Waals surface area contributed by atoms with E-state index in [1.165, 1.54) is 18.0 Å². The maximum atomic E-state index is 12.8. The molecule has 0 aliphatic carbocycles. The molecule has 2 amide bonds. The van der Waals surface area contributed by atoms with Gasteiger partial charge >= 0.3 is 0 Å². The Bertz CT molecular complexity index is 769. The lowest BCUT2D eigenvalue weighted by Gasteiger charge is -2.25. The van der Waals surface area contributed by atoms with E-state index in [0.717, 1.165) is 5.57 Å². The molecule has 2 unspecified atom stereocenters. The summed E-state index contributed by atoms with van der Waals surface area (Å²) in [5.74, 6) is -0.563. The number of phenolic OH excluding ortho intramolecular Hbond substituents is 1. The quantitative estimate of drug-likeness (QED) is 0.467. The van der Waals surface area contributed by atoms with E-state index in [9.17, 15) is 19.8 Å². The molecule has 0 saturated heterocycles. The number of carbonyl (C=O) groups is 2. The Morgan fingerprint density at radius 1 is 1.46 bits per heavy atom. The minimum absolute atomic E-state index is 0.0372. The number of carbonyl (C=O) groups excluding carboxylic acids is 2. The zero-order chi connectivity index (χ0) is 17.4. The van der Waals surface area contributed by atoms with Crippen molar-refractivity contribution in [3.05, 3.63) is 47.1 Å². The van der Waals surface area contributed by atoms with Crippen LogP contribution in [0.15, 0.2) is 35.9 Å². The first-order valence-corrected chi connectivity index (χ1v) is 7.61. The van der Waals surface area contributed by atoms with Gasteiger partial charge in [0.1, 0.15) is 12.0 Å². The number of aromatic hydroxyl groups is 1. The fraction of sp³-hybridized carbons (Fsp3) is 0.294. The van der Waals surface area contributed by atoms with Crippen molar-refractivity contribution >= 4 is 17.5 Å². The van der Waals surface area contributed by atoms with E-state index in [2.05, 4.69) is 10.6 Å². The molecule has 4 N–H and O–H groups in total. The number of amides is 2. The van der Waals surface area contributed by atoms with E-state index in [1.54, 1.807) is 31.2 Å². The van der Waals surface area contributed by atoms with Crippen LogP contribution in [0.25, 0.3) is 0 Å². The molecule has 1 aromatic carbocycles. The Hall–Kier alpha value is -2.80. The van der Waals surface area contributed by atoms with Gasteiger partial charge in [-0.05, 0) is 24.1 Å². The van der Waals surface area contributed by atoms with E-state index in [0.29, 0.717) is 11.1 Å². The molecular weight excluding hydrogens is 310 g/mol. The number of anilines is 1. The predicted octanol–water partition coefficient (Wildman–Crippen LogP) is 0.498. The van der Waals surface area contributed by atoms with Gasteiger partial charge in [0.25, 0.3) is 5.91 Å². The van der Waals surface area contributed by atoms with Gasteiger partial charge in [0, 0.05) is 19.7 Å². The zero-order valence-electron chi connectivity index (χ0n) is 13.4. The van der Waals surface area contributed by atoms with Gasteiger partial charge in [-0.1, -0.05) is 18.2 Å². The normalized spacial score (nSPS) is 22.5. The lowest BCUT2D eigenvalue weighted by molar-refractivity contribution is -0.116. The molecule has 0 bridgehead atoms. The lowest BCUT2D eigenvalue weighted by atomic mass is 10.1. The summed E-state index contributed by atoms with van der Waals surface area (Å²) < 4.78 is 0. The van der Waals surface area contributed by atoms with Crippen LogP contribution in [0.5, 0.6) is 5.75 Å². The van der Waals surface area contributed by atoms with E-state index >= 15 is 0 Å². The smallest absolute Gasteiger partial charge is 0.257 e. The average molecular weight is 329 g/mol. The molecule has 0 saturated carbocycles. The van der Waals surface area contributed by atoms with E-state index in [4.69, 9.17) is 0 Å². The molecule has 7 nitrogen and oxygen atoms in total. The van der Waals surface area contributed by atoms with Gasteiger partial charge in [0.05, 0.1) is 17.3 Å². The Labute approximate surface area is 139 Å². The van der Waals surface area contributed by atoms with Crippen LogP contribution in [0, 0.1) is 6.92 Å². The van der Waals surface area contributed by atoms with E-state index < -0.39 is 12.3 Å². The molecule has 0 radical (unpaired) electrons. The van der Waals surface area contributed by atoms with Gasteiger partial charge in [-0.3, -0.25) is 9.59 Å². The summed E-state index contributed by atoms with van der Waals surface area (Å²) in [5.41, 5.74) is 1.94. The average Bonchev–Trinajstić information content (AvgIpc) is 2.97. The molecule has 0 spiro atoms. The van der Waals surface area contributed by atoms with Crippen LogP contribution in [0.4, 0.5) is 5.69 Å². The number of aryl methyl sites for hydroxylation is 1. The van der Waals surface area contributed by atoms with Crippen LogP contribution in [-0.2, 0) is 4.79 Å². The summed E-state index contributed by atoms with van der Waals surface area (Å²) >= 11 is 0. The predicted molar refractivity (Wildman–Crippen MR) is 88.6 cm³/mol. The zero-order valence-corrected chi connectivity index (χ0v) is 13.4. The monoisotopic (exact) mass is 329 g/mol. The molecule has 0 aromatic heterocycles. The molecule has 2 heterocycles. The SMILES string of the molecule is CNC(=O)C=CC1=CC2C(O)Nc3c(ccc(C)c3O)C(=O)N2C1. The lowest BCUT2D eigenvalue weighted by Crippen LogP contribution is -2.43. The maximum Gasteiger partial charge on any atom is 0.257 e. The van der Waals surface area contributed by atoms with Crippen LogP contribution < -0.4 is 10.6 Å². The number of rotatable bonds is 2. The molecule has 7 heteroatoms. The van der Waals surface area contributed by atoms with Gasteiger partial charge in [-0.2, -0.15) is 0 Å². The third kappa shape index (κ3) is 2.63. The highest BCUT2D eigenvalue weighted by Gasteiger charge is 2.38. The van der Waals surface area contributed by atoms with Crippen LogP contribution in [-0.4, -0.2) is 52.8 Å². The molecule has 24 heavy (non-hydrogen) atoms. The van der Waals surface area contributed by atoms with Crippen molar-refractivity contribution in [2.45, 2.75) is 19.2 Å². The topological polar surface area (TPSA) is 102 Å². The highest BCUT2D eigenvalue weighted by molar-refractivity contribution is 6.02. The Balaban J connectivity index is 1.93. The minimum Gasteiger partial charge on any atom is -0.505 e. The molecule has 3 rings (SSSR count).